The fraction of sp³-hybridized carbons (Fsp3) is 0.458. The van der Waals surface area contributed by atoms with E-state index in [4.69, 9.17) is 4.98 Å². The first-order valence-corrected chi connectivity index (χ1v) is 15.0. The number of amides is 1. The van der Waals surface area contributed by atoms with Crippen LogP contribution in [0.2, 0.25) is 24.7 Å². The average Bonchev–Trinajstić information content (AvgIpc) is 3.02. The Kier molecular flexibility index (Phi) is 5.07. The van der Waals surface area contributed by atoms with Gasteiger partial charge in [0.15, 0.2) is 5.65 Å². The van der Waals surface area contributed by atoms with Gasteiger partial charge in [0.2, 0.25) is 5.91 Å². The minimum atomic E-state index is -1.70. The summed E-state index contributed by atoms with van der Waals surface area (Å²) in [4.78, 5) is 18.3. The summed E-state index contributed by atoms with van der Waals surface area (Å²) in [7, 11) is -1.70. The third-order valence-electron chi connectivity index (χ3n) is 7.46. The lowest BCUT2D eigenvalue weighted by molar-refractivity contribution is -0.121. The zero-order valence-corrected chi connectivity index (χ0v) is 19.9. The molecule has 2 aliphatic rings. The van der Waals surface area contributed by atoms with Gasteiger partial charge in [-0.1, -0.05) is 38.5 Å². The summed E-state index contributed by atoms with van der Waals surface area (Å²) in [6.45, 7) is 6.81. The summed E-state index contributed by atoms with van der Waals surface area (Å²) in [5.41, 5.74) is 2.48. The van der Waals surface area contributed by atoms with E-state index >= 15 is 0 Å². The summed E-state index contributed by atoms with van der Waals surface area (Å²) in [6, 6.07) is 8.11. The Morgan fingerprint density at radius 3 is 2.56 bits per heavy atom. The van der Waals surface area contributed by atoms with Crippen molar-refractivity contribution in [3.63, 3.8) is 0 Å². The number of halogens is 1. The minimum Gasteiger partial charge on any atom is -0.340 e. The van der Waals surface area contributed by atoms with Crippen molar-refractivity contribution in [3.05, 3.63) is 47.9 Å². The highest BCUT2D eigenvalue weighted by atomic mass is 28.3. The molecule has 32 heavy (non-hydrogen) atoms. The van der Waals surface area contributed by atoms with Gasteiger partial charge in [0.05, 0.1) is 14.3 Å². The maximum atomic E-state index is 13.8. The number of anilines is 3. The number of carbonyl (C=O) groups excluding carboxylic acids is 1. The number of aromatic nitrogens is 3. The topological polar surface area (TPSA) is 71.3 Å². The molecule has 3 aromatic rings. The maximum absolute atomic E-state index is 13.8. The fourth-order valence-corrected chi connectivity index (χ4v) is 7.54. The van der Waals surface area contributed by atoms with Crippen LogP contribution in [0.3, 0.4) is 0 Å². The van der Waals surface area contributed by atoms with E-state index in [0.29, 0.717) is 23.2 Å². The van der Waals surface area contributed by atoms with E-state index in [1.807, 2.05) is 6.20 Å². The highest BCUT2D eigenvalue weighted by Gasteiger charge is 2.53. The van der Waals surface area contributed by atoms with Crippen molar-refractivity contribution >= 4 is 37.0 Å². The van der Waals surface area contributed by atoms with Crippen molar-refractivity contribution in [2.75, 3.05) is 10.6 Å². The lowest BCUT2D eigenvalue weighted by Crippen LogP contribution is -2.52. The summed E-state index contributed by atoms with van der Waals surface area (Å²) in [5.74, 6) is 1.39. The summed E-state index contributed by atoms with van der Waals surface area (Å²) >= 11 is 0. The normalized spacial score (nSPS) is 18.1. The minimum absolute atomic E-state index is 0.0844. The highest BCUT2D eigenvalue weighted by Crippen LogP contribution is 2.55. The van der Waals surface area contributed by atoms with Crippen LogP contribution >= 0.6 is 0 Å². The molecule has 1 aromatic carbocycles. The van der Waals surface area contributed by atoms with Gasteiger partial charge < -0.3 is 10.6 Å². The number of benzene rings is 1. The molecule has 0 bridgehead atoms. The van der Waals surface area contributed by atoms with Crippen molar-refractivity contribution in [3.8, 4) is 0 Å². The molecule has 2 aromatic heterocycles. The van der Waals surface area contributed by atoms with Crippen molar-refractivity contribution in [2.45, 2.75) is 69.1 Å². The van der Waals surface area contributed by atoms with Gasteiger partial charge in [-0.25, -0.2) is 9.37 Å². The molecule has 0 unspecified atom stereocenters. The first-order chi connectivity index (χ1) is 15.3. The standard InChI is InChI=1S/C24H30FN5OSi/c1-32(2,3)24(11-6-12-24)23(31)29-20-14-21(27-18-10-5-9-17(25)13-18)30-22(28-20)19(15-26-30)16-7-4-8-16/h5,9-10,13-16,27H,4,6-8,11-12H2,1-3H3,(H,28,29,31). The SMILES string of the molecule is C[Si](C)(C)C1(C(=O)Nc2cc(Nc3cccc(F)c3)n3ncc(C4CCC4)c3n2)CCC1. The lowest BCUT2D eigenvalue weighted by atomic mass is 9.81. The predicted molar refractivity (Wildman–Crippen MR) is 128 cm³/mol. The van der Waals surface area contributed by atoms with Crippen molar-refractivity contribution < 1.29 is 9.18 Å². The second-order valence-corrected chi connectivity index (χ2v) is 15.7. The van der Waals surface area contributed by atoms with Crippen LogP contribution < -0.4 is 10.6 Å². The fourth-order valence-electron chi connectivity index (χ4n) is 4.94. The van der Waals surface area contributed by atoms with Gasteiger partial charge >= 0.3 is 0 Å². The van der Waals surface area contributed by atoms with E-state index in [9.17, 15) is 9.18 Å². The van der Waals surface area contributed by atoms with Crippen LogP contribution in [0, 0.1) is 5.82 Å². The number of nitrogens with zero attached hydrogens (tertiary/aromatic N) is 3. The van der Waals surface area contributed by atoms with Gasteiger partial charge in [0, 0.05) is 22.4 Å². The quantitative estimate of drug-likeness (QED) is 0.446. The third-order valence-corrected chi connectivity index (χ3v) is 11.1. The molecule has 0 saturated heterocycles. The van der Waals surface area contributed by atoms with E-state index in [1.54, 1.807) is 22.7 Å². The van der Waals surface area contributed by atoms with E-state index in [0.717, 1.165) is 43.3 Å². The molecule has 6 nitrogen and oxygen atoms in total. The molecular formula is C24H30FN5OSi. The molecule has 2 saturated carbocycles. The monoisotopic (exact) mass is 451 g/mol. The van der Waals surface area contributed by atoms with Crippen LogP contribution in [0.5, 0.6) is 0 Å². The molecule has 168 valence electrons. The molecule has 0 radical (unpaired) electrons. The largest absolute Gasteiger partial charge is 0.340 e. The first kappa shape index (κ1) is 21.1. The number of hydrogen-bond donors (Lipinski definition) is 2. The van der Waals surface area contributed by atoms with Crippen LogP contribution in [0.1, 0.15) is 50.0 Å². The van der Waals surface area contributed by atoms with Crippen molar-refractivity contribution in [1.29, 1.82) is 0 Å². The average molecular weight is 452 g/mol. The van der Waals surface area contributed by atoms with Crippen LogP contribution in [-0.4, -0.2) is 28.6 Å². The predicted octanol–water partition coefficient (Wildman–Crippen LogP) is 6.08. The van der Waals surface area contributed by atoms with E-state index in [-0.39, 0.29) is 16.8 Å². The Hall–Kier alpha value is -2.74. The zero-order chi connectivity index (χ0) is 22.5. The van der Waals surface area contributed by atoms with Crippen molar-refractivity contribution in [1.82, 2.24) is 14.6 Å². The van der Waals surface area contributed by atoms with Gasteiger partial charge in [0.1, 0.15) is 17.5 Å². The Morgan fingerprint density at radius 1 is 1.19 bits per heavy atom. The summed E-state index contributed by atoms with van der Waals surface area (Å²) in [5, 5.41) is 10.7. The molecule has 0 spiro atoms. The number of hydrogen-bond acceptors (Lipinski definition) is 4. The molecule has 0 atom stereocenters. The molecule has 2 aliphatic carbocycles. The van der Waals surface area contributed by atoms with Crippen LogP contribution in [0.4, 0.5) is 21.7 Å². The molecule has 5 rings (SSSR count). The molecule has 1 amide bonds. The third kappa shape index (κ3) is 3.50. The van der Waals surface area contributed by atoms with Gasteiger partial charge in [-0.15, -0.1) is 0 Å². The zero-order valence-electron chi connectivity index (χ0n) is 18.9. The van der Waals surface area contributed by atoms with Gasteiger partial charge in [-0.3, -0.25) is 4.79 Å². The van der Waals surface area contributed by atoms with E-state index < -0.39 is 8.07 Å². The summed E-state index contributed by atoms with van der Waals surface area (Å²) < 4.78 is 15.5. The summed E-state index contributed by atoms with van der Waals surface area (Å²) in [6.07, 6.45) is 8.35. The Labute approximate surface area is 188 Å². The van der Waals surface area contributed by atoms with Crippen LogP contribution in [0.25, 0.3) is 5.65 Å². The maximum Gasteiger partial charge on any atom is 0.228 e. The van der Waals surface area contributed by atoms with E-state index in [2.05, 4.69) is 35.4 Å². The van der Waals surface area contributed by atoms with Gasteiger partial charge in [-0.2, -0.15) is 9.61 Å². The second kappa shape index (κ2) is 7.69. The Morgan fingerprint density at radius 2 is 1.97 bits per heavy atom. The molecule has 0 aliphatic heterocycles. The molecular weight excluding hydrogens is 421 g/mol. The molecule has 2 heterocycles. The number of fused-ring (bicyclic) bond motifs is 1. The number of carbonyl (C=O) groups is 1. The van der Waals surface area contributed by atoms with E-state index in [1.165, 1.54) is 18.6 Å². The number of rotatable bonds is 6. The first-order valence-electron chi connectivity index (χ1n) is 11.5. The van der Waals surface area contributed by atoms with Crippen LogP contribution in [0.15, 0.2) is 36.5 Å². The Balaban J connectivity index is 1.54. The van der Waals surface area contributed by atoms with Gasteiger partial charge in [0.25, 0.3) is 0 Å². The molecule has 8 heteroatoms. The lowest BCUT2D eigenvalue weighted by Gasteiger charge is -2.48. The number of nitrogens with one attached hydrogen (secondary N) is 2. The van der Waals surface area contributed by atoms with Gasteiger partial charge in [-0.05, 0) is 49.8 Å². The van der Waals surface area contributed by atoms with Crippen LogP contribution in [-0.2, 0) is 4.79 Å². The second-order valence-electron chi connectivity index (χ2n) is 10.3. The Bertz CT molecular complexity index is 1180. The highest BCUT2D eigenvalue weighted by molar-refractivity contribution is 6.83. The van der Waals surface area contributed by atoms with Crippen molar-refractivity contribution in [2.24, 2.45) is 0 Å². The molecule has 2 N–H and O–H groups in total. The molecule has 2 fully saturated rings. The smallest absolute Gasteiger partial charge is 0.228 e.